The van der Waals surface area contributed by atoms with Crippen LogP contribution in [0, 0.1) is 46.3 Å². The van der Waals surface area contributed by atoms with Gasteiger partial charge in [0.05, 0.1) is 0 Å². The molecule has 0 radical (unpaired) electrons. The second kappa shape index (κ2) is 6.13. The smallest absolute Gasteiger partial charge is 0.133 e. The highest BCUT2D eigenvalue weighted by Crippen LogP contribution is 2.67. The molecule has 4 saturated carbocycles. The Labute approximate surface area is 150 Å². The van der Waals surface area contributed by atoms with Crippen LogP contribution in [0.3, 0.4) is 0 Å². The minimum absolute atomic E-state index is 0. The monoisotopic (exact) mass is 332 g/mol. The van der Waals surface area contributed by atoms with E-state index in [0.717, 1.165) is 29.6 Å². The molecule has 24 heavy (non-hydrogen) atoms. The highest BCUT2D eigenvalue weighted by Gasteiger charge is 2.60. The summed E-state index contributed by atoms with van der Waals surface area (Å²) in [5.74, 6) is 5.50. The fourth-order valence-electron chi connectivity index (χ4n) is 8.14. The summed E-state index contributed by atoms with van der Waals surface area (Å²) in [6, 6.07) is 0. The molecule has 0 spiro atoms. The zero-order valence-corrected chi connectivity index (χ0v) is 15.7. The molecule has 0 aliphatic heterocycles. The molecule has 0 aromatic rings. The van der Waals surface area contributed by atoms with Gasteiger partial charge in [-0.3, -0.25) is 4.79 Å². The van der Waals surface area contributed by atoms with Crippen molar-refractivity contribution < 1.29 is 4.79 Å². The zero-order valence-electron chi connectivity index (χ0n) is 15.7. The van der Waals surface area contributed by atoms with Crippen molar-refractivity contribution in [2.45, 2.75) is 92.9 Å². The average Bonchev–Trinajstić information content (AvgIpc) is 2.85. The Balaban J connectivity index is 0.00000169. The number of carbonyl (C=O) groups is 1. The molecule has 4 fully saturated rings. The fraction of sp³-hybridized carbons (Fsp3) is 0.957. The highest BCUT2D eigenvalue weighted by atomic mass is 16.1. The van der Waals surface area contributed by atoms with Crippen molar-refractivity contribution in [3.8, 4) is 0 Å². The van der Waals surface area contributed by atoms with Gasteiger partial charge in [0.1, 0.15) is 5.78 Å². The normalized spacial score (nSPS) is 53.3. The number of fused-ring (bicyclic) bond motifs is 5. The summed E-state index contributed by atoms with van der Waals surface area (Å²) in [6.07, 6.45) is 12.6. The molecule has 0 aromatic carbocycles. The van der Waals surface area contributed by atoms with Crippen LogP contribution in [0.1, 0.15) is 92.9 Å². The topological polar surface area (TPSA) is 17.1 Å². The van der Waals surface area contributed by atoms with E-state index in [1.54, 1.807) is 0 Å². The lowest BCUT2D eigenvalue weighted by Crippen LogP contribution is -2.53. The SMILES string of the molecule is C.CC(=O)C1CCC2C3CCC4CC(C)CCC4(C)C3CCC12C. The van der Waals surface area contributed by atoms with E-state index in [9.17, 15) is 4.79 Å². The molecule has 4 rings (SSSR count). The van der Waals surface area contributed by atoms with Crippen LogP contribution in [-0.4, -0.2) is 5.78 Å². The third-order valence-electron chi connectivity index (χ3n) is 9.42. The first-order chi connectivity index (χ1) is 10.9. The highest BCUT2D eigenvalue weighted by molar-refractivity contribution is 5.79. The summed E-state index contributed by atoms with van der Waals surface area (Å²) in [5.41, 5.74) is 0.948. The third-order valence-corrected chi connectivity index (χ3v) is 9.42. The van der Waals surface area contributed by atoms with E-state index < -0.39 is 0 Å². The molecule has 0 N–H and O–H groups in total. The van der Waals surface area contributed by atoms with Gasteiger partial charge in [0.25, 0.3) is 0 Å². The van der Waals surface area contributed by atoms with Crippen LogP contribution in [0.5, 0.6) is 0 Å². The largest absolute Gasteiger partial charge is 0.300 e. The summed E-state index contributed by atoms with van der Waals surface area (Å²) in [7, 11) is 0. The third kappa shape index (κ3) is 2.43. The molecule has 1 nitrogen and oxygen atoms in total. The van der Waals surface area contributed by atoms with Crippen molar-refractivity contribution in [1.29, 1.82) is 0 Å². The van der Waals surface area contributed by atoms with Gasteiger partial charge in [-0.05, 0) is 98.7 Å². The van der Waals surface area contributed by atoms with Gasteiger partial charge in [-0.25, -0.2) is 0 Å². The summed E-state index contributed by atoms with van der Waals surface area (Å²) >= 11 is 0. The van der Waals surface area contributed by atoms with E-state index >= 15 is 0 Å². The Hall–Kier alpha value is -0.330. The Kier molecular flexibility index (Phi) is 4.72. The van der Waals surface area contributed by atoms with Crippen LogP contribution in [0.15, 0.2) is 0 Å². The zero-order chi connectivity index (χ0) is 16.4. The minimum atomic E-state index is 0. The molecule has 0 bridgehead atoms. The van der Waals surface area contributed by atoms with Crippen molar-refractivity contribution >= 4 is 5.78 Å². The van der Waals surface area contributed by atoms with Crippen molar-refractivity contribution in [2.75, 3.05) is 0 Å². The van der Waals surface area contributed by atoms with E-state index in [2.05, 4.69) is 20.8 Å². The van der Waals surface area contributed by atoms with E-state index in [1.807, 2.05) is 6.92 Å². The average molecular weight is 333 g/mol. The van der Waals surface area contributed by atoms with Gasteiger partial charge in [-0.1, -0.05) is 34.6 Å². The second-order valence-corrected chi connectivity index (χ2v) is 10.3. The van der Waals surface area contributed by atoms with Crippen LogP contribution in [0.4, 0.5) is 0 Å². The summed E-state index contributed by atoms with van der Waals surface area (Å²) in [5, 5.41) is 0. The molecular formula is C23H40O. The first kappa shape index (κ1) is 18.5. The van der Waals surface area contributed by atoms with Gasteiger partial charge in [0.2, 0.25) is 0 Å². The molecule has 0 amide bonds. The van der Waals surface area contributed by atoms with E-state index in [1.165, 1.54) is 57.8 Å². The molecule has 138 valence electrons. The van der Waals surface area contributed by atoms with Gasteiger partial charge in [0.15, 0.2) is 0 Å². The number of hydrogen-bond acceptors (Lipinski definition) is 1. The molecule has 1 heteroatoms. The molecule has 0 saturated heterocycles. The molecular weight excluding hydrogens is 292 g/mol. The maximum atomic E-state index is 12.2. The fourth-order valence-corrected chi connectivity index (χ4v) is 8.14. The summed E-state index contributed by atoms with van der Waals surface area (Å²) in [6.45, 7) is 9.45. The molecule has 8 atom stereocenters. The van der Waals surface area contributed by atoms with E-state index in [-0.39, 0.29) is 7.43 Å². The van der Waals surface area contributed by atoms with Gasteiger partial charge < -0.3 is 0 Å². The van der Waals surface area contributed by atoms with Crippen molar-refractivity contribution in [1.82, 2.24) is 0 Å². The van der Waals surface area contributed by atoms with Crippen molar-refractivity contribution in [2.24, 2.45) is 46.3 Å². The van der Waals surface area contributed by atoms with Gasteiger partial charge >= 0.3 is 0 Å². The molecule has 8 unspecified atom stereocenters. The first-order valence-corrected chi connectivity index (χ1v) is 10.4. The standard InChI is InChI=1S/C22H36O.CH4/c1-14-9-11-21(3)16(13-14)5-6-17-19-8-7-18(15(2)23)22(19,4)12-10-20(17)21;/h14,16-20H,5-13H2,1-4H3;1H4. The van der Waals surface area contributed by atoms with Gasteiger partial charge in [0, 0.05) is 5.92 Å². The number of hydrogen-bond donors (Lipinski definition) is 0. The lowest BCUT2D eigenvalue weighted by Gasteiger charge is -2.61. The minimum Gasteiger partial charge on any atom is -0.300 e. The Morgan fingerprint density at radius 1 is 0.875 bits per heavy atom. The molecule has 0 aromatic heterocycles. The Morgan fingerprint density at radius 2 is 1.54 bits per heavy atom. The molecule has 4 aliphatic rings. The van der Waals surface area contributed by atoms with Crippen LogP contribution in [-0.2, 0) is 4.79 Å². The number of Topliss-reactive ketones (excluding diaryl/α,β-unsaturated/α-hetero) is 1. The molecule has 0 heterocycles. The predicted octanol–water partition coefficient (Wildman–Crippen LogP) is 6.51. The summed E-state index contributed by atoms with van der Waals surface area (Å²) in [4.78, 5) is 12.2. The number of carbonyl (C=O) groups excluding carboxylic acids is 1. The lowest BCUT2D eigenvalue weighted by atomic mass is 9.44. The predicted molar refractivity (Wildman–Crippen MR) is 102 cm³/mol. The molecule has 4 aliphatic carbocycles. The number of ketones is 1. The quantitative estimate of drug-likeness (QED) is 0.535. The van der Waals surface area contributed by atoms with E-state index in [4.69, 9.17) is 0 Å². The first-order valence-electron chi connectivity index (χ1n) is 10.4. The Bertz CT molecular complexity index is 496. The van der Waals surface area contributed by atoms with Crippen molar-refractivity contribution in [3.05, 3.63) is 0 Å². The van der Waals surface area contributed by atoms with E-state index in [0.29, 0.717) is 22.5 Å². The van der Waals surface area contributed by atoms with Gasteiger partial charge in [-0.2, -0.15) is 0 Å². The maximum Gasteiger partial charge on any atom is 0.133 e. The lowest BCUT2D eigenvalue weighted by molar-refractivity contribution is -0.135. The van der Waals surface area contributed by atoms with Gasteiger partial charge in [-0.15, -0.1) is 0 Å². The summed E-state index contributed by atoms with van der Waals surface area (Å²) < 4.78 is 0. The van der Waals surface area contributed by atoms with Crippen LogP contribution < -0.4 is 0 Å². The number of rotatable bonds is 1. The Morgan fingerprint density at radius 3 is 2.25 bits per heavy atom. The maximum absolute atomic E-state index is 12.2. The van der Waals surface area contributed by atoms with Crippen molar-refractivity contribution in [3.63, 3.8) is 0 Å². The van der Waals surface area contributed by atoms with Crippen LogP contribution >= 0.6 is 0 Å². The van der Waals surface area contributed by atoms with Crippen LogP contribution in [0.25, 0.3) is 0 Å². The second-order valence-electron chi connectivity index (χ2n) is 10.3. The van der Waals surface area contributed by atoms with Crippen LogP contribution in [0.2, 0.25) is 0 Å².